The van der Waals surface area contributed by atoms with Gasteiger partial charge in [-0.3, -0.25) is 0 Å². The molecule has 23 heavy (non-hydrogen) atoms. The van der Waals surface area contributed by atoms with Crippen LogP contribution in [0.1, 0.15) is 26.2 Å². The molecule has 0 N–H and O–H groups in total. The summed E-state index contributed by atoms with van der Waals surface area (Å²) in [5.74, 6) is -3.24. The van der Waals surface area contributed by atoms with Gasteiger partial charge in [-0.1, -0.05) is 0 Å². The molecule has 1 fully saturated rings. The minimum atomic E-state index is -1.98. The molecule has 3 nitrogen and oxygen atoms in total. The zero-order valence-electron chi connectivity index (χ0n) is 12.9. The normalized spacial score (nSPS) is 20.8. The fourth-order valence-corrected chi connectivity index (χ4v) is 2.40. The van der Waals surface area contributed by atoms with E-state index in [2.05, 4.69) is 0 Å². The van der Waals surface area contributed by atoms with Gasteiger partial charge in [-0.25, -0.2) is 8.78 Å². The first-order chi connectivity index (χ1) is 11.0. The van der Waals surface area contributed by atoms with Gasteiger partial charge in [0.2, 0.25) is 11.6 Å². The van der Waals surface area contributed by atoms with Gasteiger partial charge in [0.1, 0.15) is 6.61 Å². The molecule has 0 spiro atoms. The average molecular weight is 336 g/mol. The van der Waals surface area contributed by atoms with Gasteiger partial charge in [-0.05, 0) is 38.3 Å². The number of benzene rings is 1. The zero-order valence-corrected chi connectivity index (χ0v) is 12.9. The van der Waals surface area contributed by atoms with Crippen molar-refractivity contribution in [2.45, 2.75) is 44.6 Å². The molecule has 0 amide bonds. The summed E-state index contributed by atoms with van der Waals surface area (Å²) in [7, 11) is 0. The predicted molar refractivity (Wildman–Crippen MR) is 76.4 cm³/mol. The second-order valence-corrected chi connectivity index (χ2v) is 5.30. The van der Waals surface area contributed by atoms with Crippen molar-refractivity contribution in [2.24, 2.45) is 0 Å². The molecule has 1 aromatic rings. The van der Waals surface area contributed by atoms with Gasteiger partial charge in [0.05, 0.1) is 12.7 Å². The highest BCUT2D eigenvalue weighted by molar-refractivity contribution is 5.35. The van der Waals surface area contributed by atoms with Gasteiger partial charge in [-0.15, -0.1) is 0 Å². The molecule has 1 aliphatic heterocycles. The first-order valence-electron chi connectivity index (χ1n) is 7.68. The van der Waals surface area contributed by atoms with Crippen molar-refractivity contribution >= 4 is 0 Å². The molecule has 130 valence electrons. The highest BCUT2D eigenvalue weighted by Crippen LogP contribution is 2.28. The van der Waals surface area contributed by atoms with Crippen LogP contribution in [0.3, 0.4) is 0 Å². The summed E-state index contributed by atoms with van der Waals surface area (Å²) in [6.45, 7) is 1.49. The Kier molecular flexibility index (Phi) is 6.50. The summed E-state index contributed by atoms with van der Waals surface area (Å²) < 4.78 is 70.2. The van der Waals surface area contributed by atoms with Crippen LogP contribution in [0.2, 0.25) is 0 Å². The van der Waals surface area contributed by atoms with E-state index in [4.69, 9.17) is 14.2 Å². The SMILES string of the molecule is CCOc1ccc(OCC(F)C(F)C2CCCCO2)c(F)c1F. The largest absolute Gasteiger partial charge is 0.491 e. The lowest BCUT2D eigenvalue weighted by Crippen LogP contribution is -2.38. The van der Waals surface area contributed by atoms with Gasteiger partial charge in [0, 0.05) is 6.61 Å². The van der Waals surface area contributed by atoms with Gasteiger partial charge in [-0.2, -0.15) is 8.78 Å². The fourth-order valence-electron chi connectivity index (χ4n) is 2.40. The summed E-state index contributed by atoms with van der Waals surface area (Å²) in [5, 5.41) is 0. The summed E-state index contributed by atoms with van der Waals surface area (Å²) in [5.41, 5.74) is 0. The molecule has 0 aromatic heterocycles. The predicted octanol–water partition coefficient (Wildman–Crippen LogP) is 3.99. The maximum atomic E-state index is 14.0. The minimum Gasteiger partial charge on any atom is -0.491 e. The van der Waals surface area contributed by atoms with Crippen LogP contribution in [0.15, 0.2) is 12.1 Å². The molecule has 0 radical (unpaired) electrons. The summed E-state index contributed by atoms with van der Waals surface area (Å²) in [4.78, 5) is 0. The van der Waals surface area contributed by atoms with Crippen LogP contribution in [-0.4, -0.2) is 38.3 Å². The van der Waals surface area contributed by atoms with Crippen LogP contribution >= 0.6 is 0 Å². The van der Waals surface area contributed by atoms with Crippen LogP contribution in [0.4, 0.5) is 17.6 Å². The van der Waals surface area contributed by atoms with Crippen molar-refractivity contribution in [3.8, 4) is 11.5 Å². The topological polar surface area (TPSA) is 27.7 Å². The van der Waals surface area contributed by atoms with Crippen LogP contribution in [0.5, 0.6) is 11.5 Å². The van der Waals surface area contributed by atoms with E-state index in [1.54, 1.807) is 6.92 Å². The lowest BCUT2D eigenvalue weighted by molar-refractivity contribution is -0.0618. The fraction of sp³-hybridized carbons (Fsp3) is 0.625. The Balaban J connectivity index is 1.93. The Morgan fingerprint density at radius 3 is 2.35 bits per heavy atom. The number of alkyl halides is 2. The van der Waals surface area contributed by atoms with Crippen LogP contribution < -0.4 is 9.47 Å². The number of halogens is 4. The molecule has 1 saturated heterocycles. The number of ether oxygens (including phenoxy) is 3. The molecular weight excluding hydrogens is 316 g/mol. The van der Waals surface area contributed by atoms with E-state index in [0.717, 1.165) is 18.9 Å². The molecule has 2 rings (SSSR count). The molecule has 3 unspecified atom stereocenters. The highest BCUT2D eigenvalue weighted by atomic mass is 19.2. The minimum absolute atomic E-state index is 0.175. The smallest absolute Gasteiger partial charge is 0.204 e. The van der Waals surface area contributed by atoms with Crippen molar-refractivity contribution < 1.29 is 31.8 Å². The lowest BCUT2D eigenvalue weighted by atomic mass is 10.0. The third-order valence-corrected chi connectivity index (χ3v) is 3.62. The number of hydrogen-bond acceptors (Lipinski definition) is 3. The molecule has 1 aliphatic rings. The number of hydrogen-bond donors (Lipinski definition) is 0. The molecule has 3 atom stereocenters. The van der Waals surface area contributed by atoms with Gasteiger partial charge >= 0.3 is 0 Å². The third kappa shape index (κ3) is 4.50. The van der Waals surface area contributed by atoms with Gasteiger partial charge in [0.25, 0.3) is 0 Å². The first-order valence-corrected chi connectivity index (χ1v) is 7.68. The van der Waals surface area contributed by atoms with Crippen molar-refractivity contribution in [1.82, 2.24) is 0 Å². The first kappa shape index (κ1) is 17.8. The molecule has 0 aliphatic carbocycles. The van der Waals surface area contributed by atoms with Crippen molar-refractivity contribution in [2.75, 3.05) is 19.8 Å². The van der Waals surface area contributed by atoms with E-state index in [1.807, 2.05) is 0 Å². The maximum Gasteiger partial charge on any atom is 0.204 e. The third-order valence-electron chi connectivity index (χ3n) is 3.62. The van der Waals surface area contributed by atoms with E-state index in [-0.39, 0.29) is 12.4 Å². The highest BCUT2D eigenvalue weighted by Gasteiger charge is 2.32. The Bertz CT molecular complexity index is 506. The Morgan fingerprint density at radius 1 is 1.13 bits per heavy atom. The van der Waals surface area contributed by atoms with E-state index in [9.17, 15) is 17.6 Å². The summed E-state index contributed by atoms with van der Waals surface area (Å²) in [6.07, 6.45) is -2.61. The average Bonchev–Trinajstić information content (AvgIpc) is 2.58. The quantitative estimate of drug-likeness (QED) is 0.705. The Hall–Kier alpha value is -1.50. The van der Waals surface area contributed by atoms with Gasteiger partial charge < -0.3 is 14.2 Å². The van der Waals surface area contributed by atoms with Crippen molar-refractivity contribution in [1.29, 1.82) is 0 Å². The van der Waals surface area contributed by atoms with E-state index < -0.39 is 42.4 Å². The molecule has 1 heterocycles. The second-order valence-electron chi connectivity index (χ2n) is 5.30. The Labute approximate surface area is 132 Å². The van der Waals surface area contributed by atoms with Crippen LogP contribution in [-0.2, 0) is 4.74 Å². The van der Waals surface area contributed by atoms with Crippen LogP contribution in [0, 0.1) is 11.6 Å². The van der Waals surface area contributed by atoms with E-state index >= 15 is 0 Å². The van der Waals surface area contributed by atoms with E-state index in [0.29, 0.717) is 13.0 Å². The molecule has 0 bridgehead atoms. The second kappa shape index (κ2) is 8.38. The molecule has 1 aromatic carbocycles. The summed E-state index contributed by atoms with van der Waals surface area (Å²) in [6, 6.07) is 2.31. The lowest BCUT2D eigenvalue weighted by Gasteiger charge is -2.27. The molecular formula is C16H20F4O3. The Morgan fingerprint density at radius 2 is 1.78 bits per heavy atom. The van der Waals surface area contributed by atoms with E-state index in [1.165, 1.54) is 6.07 Å². The van der Waals surface area contributed by atoms with Crippen molar-refractivity contribution in [3.05, 3.63) is 23.8 Å². The van der Waals surface area contributed by atoms with Crippen molar-refractivity contribution in [3.63, 3.8) is 0 Å². The maximum absolute atomic E-state index is 14.0. The monoisotopic (exact) mass is 336 g/mol. The standard InChI is InChI=1S/C16H20F4O3/c1-2-21-12-6-7-13(16(20)15(12)19)23-9-10(17)14(18)11-5-3-4-8-22-11/h6-7,10-11,14H,2-5,8-9H2,1H3. The van der Waals surface area contributed by atoms with Crippen LogP contribution in [0.25, 0.3) is 0 Å². The molecule has 7 heteroatoms. The summed E-state index contributed by atoms with van der Waals surface area (Å²) >= 11 is 0. The molecule has 0 saturated carbocycles. The van der Waals surface area contributed by atoms with Gasteiger partial charge in [0.15, 0.2) is 23.8 Å². The zero-order chi connectivity index (χ0) is 16.8. The number of rotatable bonds is 7.